The summed E-state index contributed by atoms with van der Waals surface area (Å²) in [6.07, 6.45) is 5.27. The Kier molecular flexibility index (Phi) is 2.57. The first-order valence-corrected chi connectivity index (χ1v) is 3.94. The second-order valence-corrected chi connectivity index (χ2v) is 2.97. The fraction of sp³-hybridized carbons (Fsp3) is 0.600. The molecule has 0 aromatic carbocycles. The molecule has 0 heteroatoms. The first-order chi connectivity index (χ1) is 4.84. The van der Waals surface area contributed by atoms with E-state index in [1.165, 1.54) is 6.42 Å². The van der Waals surface area contributed by atoms with E-state index < -0.39 is 0 Å². The molecule has 0 nitrogen and oxygen atoms in total. The van der Waals surface area contributed by atoms with Crippen molar-refractivity contribution in [1.29, 1.82) is 0 Å². The van der Waals surface area contributed by atoms with Gasteiger partial charge in [0.25, 0.3) is 0 Å². The predicted molar refractivity (Wildman–Crippen MR) is 44.5 cm³/mol. The van der Waals surface area contributed by atoms with Crippen LogP contribution in [-0.2, 0) is 0 Å². The molecule has 54 valence electrons. The molecular weight excluding hydrogens is 120 g/mol. The summed E-state index contributed by atoms with van der Waals surface area (Å²) in [5.74, 6) is 8.00. The van der Waals surface area contributed by atoms with Gasteiger partial charge in [-0.1, -0.05) is 18.9 Å². The lowest BCUT2D eigenvalue weighted by Gasteiger charge is -1.79. The van der Waals surface area contributed by atoms with Gasteiger partial charge >= 0.3 is 0 Å². The van der Waals surface area contributed by atoms with Gasteiger partial charge in [-0.05, 0) is 18.8 Å². The lowest BCUT2D eigenvalue weighted by atomic mass is 10.3. The number of allylic oxidation sites excluding steroid dienone is 1. The summed E-state index contributed by atoms with van der Waals surface area (Å²) >= 11 is 0. The van der Waals surface area contributed by atoms with Gasteiger partial charge in [0.2, 0.25) is 0 Å². The Morgan fingerprint density at radius 1 is 1.70 bits per heavy atom. The Bertz CT molecular complexity index is 168. The lowest BCUT2D eigenvalue weighted by Crippen LogP contribution is -1.70. The highest BCUT2D eigenvalue weighted by Gasteiger charge is 2.30. The highest BCUT2D eigenvalue weighted by atomic mass is 14.3. The van der Waals surface area contributed by atoms with Crippen molar-refractivity contribution in [2.45, 2.75) is 26.2 Å². The molecule has 0 amide bonds. The minimum atomic E-state index is 0.727. The van der Waals surface area contributed by atoms with Gasteiger partial charge in [0.05, 0.1) is 0 Å². The van der Waals surface area contributed by atoms with Gasteiger partial charge < -0.3 is 0 Å². The zero-order chi connectivity index (χ0) is 7.40. The van der Waals surface area contributed by atoms with Crippen LogP contribution in [0.25, 0.3) is 0 Å². The average Bonchev–Trinajstić information content (AvgIpc) is 2.60. The maximum Gasteiger partial charge on any atom is 0.0231 e. The van der Waals surface area contributed by atoms with E-state index in [0.29, 0.717) is 0 Å². The van der Waals surface area contributed by atoms with Crippen molar-refractivity contribution >= 4 is 0 Å². The van der Waals surface area contributed by atoms with Crippen LogP contribution in [0.4, 0.5) is 0 Å². The fourth-order valence-corrected chi connectivity index (χ4v) is 0.901. The number of rotatable bonds is 2. The molecule has 0 aromatic heterocycles. The van der Waals surface area contributed by atoms with Crippen LogP contribution in [-0.4, -0.2) is 0 Å². The molecule has 2 atom stereocenters. The van der Waals surface area contributed by atoms with Crippen molar-refractivity contribution < 1.29 is 0 Å². The normalized spacial score (nSPS) is 28.5. The first-order valence-electron chi connectivity index (χ1n) is 3.94. The average molecular weight is 134 g/mol. The van der Waals surface area contributed by atoms with Gasteiger partial charge in [0, 0.05) is 12.3 Å². The molecule has 0 aliphatic heterocycles. The van der Waals surface area contributed by atoms with E-state index in [0.717, 1.165) is 24.7 Å². The van der Waals surface area contributed by atoms with Crippen molar-refractivity contribution in [3.05, 3.63) is 12.7 Å². The molecule has 1 aliphatic carbocycles. The van der Waals surface area contributed by atoms with E-state index in [9.17, 15) is 0 Å². The minimum absolute atomic E-state index is 0.727. The summed E-state index contributed by atoms with van der Waals surface area (Å²) in [6, 6.07) is 0. The van der Waals surface area contributed by atoms with E-state index in [-0.39, 0.29) is 0 Å². The molecule has 1 saturated carbocycles. The maximum atomic E-state index is 3.64. The van der Waals surface area contributed by atoms with Gasteiger partial charge in [-0.25, -0.2) is 0 Å². The van der Waals surface area contributed by atoms with Crippen molar-refractivity contribution in [3.8, 4) is 11.8 Å². The molecule has 2 unspecified atom stereocenters. The zero-order valence-electron chi connectivity index (χ0n) is 6.56. The van der Waals surface area contributed by atoms with Crippen molar-refractivity contribution in [3.63, 3.8) is 0 Å². The van der Waals surface area contributed by atoms with Crippen LogP contribution < -0.4 is 0 Å². The molecule has 0 heterocycles. The number of unbranched alkanes of at least 4 members (excludes halogenated alkanes) is 1. The van der Waals surface area contributed by atoms with Crippen LogP contribution in [0, 0.1) is 23.7 Å². The largest absolute Gasteiger partial charge is 0.103 e. The summed E-state index contributed by atoms with van der Waals surface area (Å²) < 4.78 is 0. The van der Waals surface area contributed by atoms with E-state index >= 15 is 0 Å². The van der Waals surface area contributed by atoms with Crippen LogP contribution >= 0.6 is 0 Å². The highest BCUT2D eigenvalue weighted by Crippen LogP contribution is 2.36. The van der Waals surface area contributed by atoms with E-state index in [4.69, 9.17) is 0 Å². The second kappa shape index (κ2) is 3.46. The maximum absolute atomic E-state index is 3.64. The standard InChI is InChI=1S/C10H14/c1-3-4-5-6-7-10-8-9(10)2/h3,9-10H,1,4-5,8H2,2H3. The van der Waals surface area contributed by atoms with Crippen LogP contribution in [0.5, 0.6) is 0 Å². The Morgan fingerprint density at radius 2 is 2.40 bits per heavy atom. The van der Waals surface area contributed by atoms with E-state index in [2.05, 4.69) is 25.3 Å². The Balaban J connectivity index is 2.08. The van der Waals surface area contributed by atoms with Gasteiger partial charge in [0.15, 0.2) is 0 Å². The van der Waals surface area contributed by atoms with Crippen LogP contribution in [0.15, 0.2) is 12.7 Å². The van der Waals surface area contributed by atoms with Crippen molar-refractivity contribution in [2.75, 3.05) is 0 Å². The van der Waals surface area contributed by atoms with Gasteiger partial charge in [-0.2, -0.15) is 0 Å². The molecule has 0 aromatic rings. The SMILES string of the molecule is C=CCCC#CC1CC1C. The quantitative estimate of drug-likeness (QED) is 0.309. The molecule has 0 saturated heterocycles. The smallest absolute Gasteiger partial charge is 0.0231 e. The summed E-state index contributed by atoms with van der Waals surface area (Å²) in [4.78, 5) is 0. The molecular formula is C10H14. The molecule has 1 aliphatic rings. The molecule has 0 spiro atoms. The van der Waals surface area contributed by atoms with Crippen LogP contribution in [0.2, 0.25) is 0 Å². The minimum Gasteiger partial charge on any atom is -0.103 e. The highest BCUT2D eigenvalue weighted by molar-refractivity contribution is 5.12. The third-order valence-electron chi connectivity index (χ3n) is 1.87. The van der Waals surface area contributed by atoms with E-state index in [1.54, 1.807) is 0 Å². The Hall–Kier alpha value is -0.700. The lowest BCUT2D eigenvalue weighted by molar-refractivity contribution is 0.915. The van der Waals surface area contributed by atoms with Gasteiger partial charge in [0.1, 0.15) is 0 Å². The molecule has 0 radical (unpaired) electrons. The summed E-state index contributed by atoms with van der Waals surface area (Å²) in [7, 11) is 0. The molecule has 0 bridgehead atoms. The summed E-state index contributed by atoms with van der Waals surface area (Å²) in [6.45, 7) is 5.90. The number of hydrogen-bond acceptors (Lipinski definition) is 0. The fourth-order valence-electron chi connectivity index (χ4n) is 0.901. The second-order valence-electron chi connectivity index (χ2n) is 2.97. The summed E-state index contributed by atoms with van der Waals surface area (Å²) in [5, 5.41) is 0. The molecule has 1 rings (SSSR count). The molecule has 1 fully saturated rings. The number of hydrogen-bond donors (Lipinski definition) is 0. The van der Waals surface area contributed by atoms with Crippen LogP contribution in [0.1, 0.15) is 26.2 Å². The topological polar surface area (TPSA) is 0 Å². The predicted octanol–water partition coefficient (Wildman–Crippen LogP) is 2.61. The molecule has 10 heavy (non-hydrogen) atoms. The monoisotopic (exact) mass is 134 g/mol. The third kappa shape index (κ3) is 2.27. The van der Waals surface area contributed by atoms with Crippen LogP contribution in [0.3, 0.4) is 0 Å². The first kappa shape index (κ1) is 7.41. The van der Waals surface area contributed by atoms with E-state index in [1.807, 2.05) is 6.08 Å². The van der Waals surface area contributed by atoms with Gasteiger partial charge in [-0.15, -0.1) is 12.5 Å². The Morgan fingerprint density at radius 3 is 2.90 bits per heavy atom. The summed E-state index contributed by atoms with van der Waals surface area (Å²) in [5.41, 5.74) is 0. The third-order valence-corrected chi connectivity index (χ3v) is 1.87. The van der Waals surface area contributed by atoms with Crippen molar-refractivity contribution in [1.82, 2.24) is 0 Å². The Labute approximate surface area is 63.3 Å². The van der Waals surface area contributed by atoms with Crippen molar-refractivity contribution in [2.24, 2.45) is 11.8 Å². The molecule has 0 N–H and O–H groups in total. The zero-order valence-corrected chi connectivity index (χ0v) is 6.56. The van der Waals surface area contributed by atoms with Gasteiger partial charge in [-0.3, -0.25) is 0 Å².